The molecule has 2 atom stereocenters. The van der Waals surface area contributed by atoms with E-state index in [-0.39, 0.29) is 32.7 Å². The molecule has 0 spiro atoms. The number of hydrogen-bond acceptors (Lipinski definition) is 7. The van der Waals surface area contributed by atoms with Crippen LogP contribution in [-0.2, 0) is 19.1 Å². The molecule has 7 nitrogen and oxygen atoms in total. The number of aliphatic hydroxyl groups excluding tert-OH is 3. The third-order valence-corrected chi connectivity index (χ3v) is 4.47. The van der Waals surface area contributed by atoms with Gasteiger partial charge in [0.1, 0.15) is 13.2 Å². The van der Waals surface area contributed by atoms with Crippen molar-refractivity contribution in [3.05, 3.63) is 0 Å². The van der Waals surface area contributed by atoms with E-state index in [0.29, 0.717) is 32.1 Å². The lowest BCUT2D eigenvalue weighted by Crippen LogP contribution is -2.37. The fourth-order valence-corrected chi connectivity index (χ4v) is 2.04. The van der Waals surface area contributed by atoms with E-state index in [4.69, 9.17) is 9.47 Å². The zero-order valence-electron chi connectivity index (χ0n) is 15.7. The predicted molar refractivity (Wildman–Crippen MR) is 92.8 cm³/mol. The first-order valence-electron chi connectivity index (χ1n) is 9.10. The largest absolute Gasteiger partial charge is 0.465 e. The molecule has 0 aliphatic heterocycles. The van der Waals surface area contributed by atoms with Gasteiger partial charge in [0.15, 0.2) is 0 Å². The number of carbonyl (C=O) groups excluding carboxylic acids is 2. The van der Waals surface area contributed by atoms with Gasteiger partial charge in [-0.15, -0.1) is 0 Å². The molecule has 25 heavy (non-hydrogen) atoms. The molecule has 0 saturated carbocycles. The minimum atomic E-state index is -0.835. The molecule has 0 heterocycles. The summed E-state index contributed by atoms with van der Waals surface area (Å²) in [5.41, 5.74) is -0.835. The molecule has 7 heteroatoms. The van der Waals surface area contributed by atoms with Crippen LogP contribution < -0.4 is 0 Å². The number of aliphatic hydroxyl groups is 3. The summed E-state index contributed by atoms with van der Waals surface area (Å²) in [6, 6.07) is 0. The lowest BCUT2D eigenvalue weighted by atomic mass is 9.88. The summed E-state index contributed by atoms with van der Waals surface area (Å²) in [7, 11) is 0. The maximum Gasteiger partial charge on any atom is 0.305 e. The fraction of sp³-hybridized carbons (Fsp3) is 0.889. The maximum absolute atomic E-state index is 11.7. The van der Waals surface area contributed by atoms with Crippen molar-refractivity contribution in [2.24, 2.45) is 5.41 Å². The smallest absolute Gasteiger partial charge is 0.305 e. The van der Waals surface area contributed by atoms with Gasteiger partial charge in [-0.3, -0.25) is 9.59 Å². The van der Waals surface area contributed by atoms with Crippen molar-refractivity contribution in [1.29, 1.82) is 0 Å². The van der Waals surface area contributed by atoms with Gasteiger partial charge in [0.25, 0.3) is 0 Å². The third kappa shape index (κ3) is 10.4. The molecule has 0 aliphatic rings. The standard InChI is InChI=1S/C18H34O7/c1-4-14(20)7-9-16(22)24-12-18(6-3,11-19)13-25-17(23)10-8-15(21)5-2/h14-15,19-21H,4-13H2,1-3H3. The molecule has 0 aromatic carbocycles. The van der Waals surface area contributed by atoms with Gasteiger partial charge in [0.2, 0.25) is 0 Å². The van der Waals surface area contributed by atoms with E-state index >= 15 is 0 Å². The van der Waals surface area contributed by atoms with Crippen molar-refractivity contribution in [2.75, 3.05) is 19.8 Å². The van der Waals surface area contributed by atoms with Gasteiger partial charge in [-0.1, -0.05) is 20.8 Å². The van der Waals surface area contributed by atoms with Crippen molar-refractivity contribution in [3.8, 4) is 0 Å². The summed E-state index contributed by atoms with van der Waals surface area (Å²) < 4.78 is 10.4. The van der Waals surface area contributed by atoms with Crippen molar-refractivity contribution >= 4 is 11.9 Å². The van der Waals surface area contributed by atoms with Crippen molar-refractivity contribution < 1.29 is 34.4 Å². The zero-order chi connectivity index (χ0) is 19.3. The molecule has 0 saturated heterocycles. The van der Waals surface area contributed by atoms with E-state index in [1.807, 2.05) is 20.8 Å². The first-order chi connectivity index (χ1) is 11.8. The van der Waals surface area contributed by atoms with E-state index in [9.17, 15) is 24.9 Å². The second-order valence-corrected chi connectivity index (χ2v) is 6.53. The molecular formula is C18H34O7. The maximum atomic E-state index is 11.7. The highest BCUT2D eigenvalue weighted by Gasteiger charge is 2.31. The van der Waals surface area contributed by atoms with Crippen LogP contribution in [-0.4, -0.2) is 59.3 Å². The molecule has 2 unspecified atom stereocenters. The first kappa shape index (κ1) is 23.8. The Morgan fingerprint density at radius 3 is 1.56 bits per heavy atom. The monoisotopic (exact) mass is 362 g/mol. The Balaban J connectivity index is 4.34. The Morgan fingerprint density at radius 1 is 0.880 bits per heavy atom. The van der Waals surface area contributed by atoms with Gasteiger partial charge < -0.3 is 24.8 Å². The van der Waals surface area contributed by atoms with Crippen molar-refractivity contribution in [1.82, 2.24) is 0 Å². The number of hydrogen-bond donors (Lipinski definition) is 3. The Hall–Kier alpha value is -1.18. The SMILES string of the molecule is CCC(O)CCC(=O)OCC(CC)(CO)COC(=O)CCC(O)CC. The number of ether oxygens (including phenoxy) is 2. The van der Waals surface area contributed by atoms with Gasteiger partial charge in [0, 0.05) is 12.8 Å². The Labute approximate surface area is 150 Å². The van der Waals surface area contributed by atoms with Crippen LogP contribution >= 0.6 is 0 Å². The van der Waals surface area contributed by atoms with Crippen LogP contribution in [0.1, 0.15) is 65.7 Å². The molecule has 0 aromatic rings. The topological polar surface area (TPSA) is 113 Å². The molecule has 0 radical (unpaired) electrons. The molecule has 0 aliphatic carbocycles. The number of rotatable bonds is 14. The fourth-order valence-electron chi connectivity index (χ4n) is 2.04. The van der Waals surface area contributed by atoms with E-state index in [2.05, 4.69) is 0 Å². The van der Waals surface area contributed by atoms with E-state index in [1.165, 1.54) is 0 Å². The molecule has 0 fully saturated rings. The average Bonchev–Trinajstić information content (AvgIpc) is 2.64. The van der Waals surface area contributed by atoms with Crippen LogP contribution in [0.25, 0.3) is 0 Å². The molecule has 0 amide bonds. The van der Waals surface area contributed by atoms with Crippen LogP contribution in [0.15, 0.2) is 0 Å². The normalized spacial score (nSPS) is 15.9. The molecule has 148 valence electrons. The highest BCUT2D eigenvalue weighted by molar-refractivity contribution is 5.70. The van der Waals surface area contributed by atoms with Crippen LogP contribution in [0.2, 0.25) is 0 Å². The zero-order valence-corrected chi connectivity index (χ0v) is 15.7. The Kier molecular flexibility index (Phi) is 12.5. The molecular weight excluding hydrogens is 328 g/mol. The van der Waals surface area contributed by atoms with Crippen LogP contribution in [0.4, 0.5) is 0 Å². The first-order valence-corrected chi connectivity index (χ1v) is 9.10. The van der Waals surface area contributed by atoms with Crippen LogP contribution in [0, 0.1) is 5.41 Å². The summed E-state index contributed by atoms with van der Waals surface area (Å²) in [4.78, 5) is 23.5. The second kappa shape index (κ2) is 13.1. The Bertz CT molecular complexity index is 348. The molecule has 0 bridgehead atoms. The molecule has 0 aromatic heterocycles. The van der Waals surface area contributed by atoms with Gasteiger partial charge in [-0.05, 0) is 32.1 Å². The van der Waals surface area contributed by atoms with E-state index < -0.39 is 29.6 Å². The van der Waals surface area contributed by atoms with Crippen molar-refractivity contribution in [3.63, 3.8) is 0 Å². The predicted octanol–water partition coefficient (Wildman–Crippen LogP) is 1.56. The minimum absolute atomic E-state index is 0.0497. The van der Waals surface area contributed by atoms with Crippen LogP contribution in [0.3, 0.4) is 0 Å². The van der Waals surface area contributed by atoms with Gasteiger partial charge >= 0.3 is 11.9 Å². The number of esters is 2. The second-order valence-electron chi connectivity index (χ2n) is 6.53. The summed E-state index contributed by atoms with van der Waals surface area (Å²) >= 11 is 0. The highest BCUT2D eigenvalue weighted by atomic mass is 16.5. The lowest BCUT2D eigenvalue weighted by Gasteiger charge is -2.29. The van der Waals surface area contributed by atoms with E-state index in [0.717, 1.165) is 0 Å². The summed E-state index contributed by atoms with van der Waals surface area (Å²) in [5, 5.41) is 28.6. The Morgan fingerprint density at radius 2 is 1.28 bits per heavy atom. The summed E-state index contributed by atoms with van der Waals surface area (Å²) in [6.07, 6.45) is 1.45. The summed E-state index contributed by atoms with van der Waals surface area (Å²) in [5.74, 6) is -0.896. The van der Waals surface area contributed by atoms with Gasteiger partial charge in [-0.2, -0.15) is 0 Å². The molecule has 3 N–H and O–H groups in total. The summed E-state index contributed by atoms with van der Waals surface area (Å²) in [6.45, 7) is 5.10. The van der Waals surface area contributed by atoms with Crippen LogP contribution in [0.5, 0.6) is 0 Å². The van der Waals surface area contributed by atoms with E-state index in [1.54, 1.807) is 0 Å². The third-order valence-electron chi connectivity index (χ3n) is 4.47. The average molecular weight is 362 g/mol. The van der Waals surface area contributed by atoms with Gasteiger partial charge in [-0.25, -0.2) is 0 Å². The highest BCUT2D eigenvalue weighted by Crippen LogP contribution is 2.23. The number of carbonyl (C=O) groups is 2. The lowest BCUT2D eigenvalue weighted by molar-refractivity contribution is -0.157. The molecule has 0 rings (SSSR count). The van der Waals surface area contributed by atoms with Gasteiger partial charge in [0.05, 0.1) is 24.2 Å². The minimum Gasteiger partial charge on any atom is -0.465 e. The van der Waals surface area contributed by atoms with Crippen molar-refractivity contribution in [2.45, 2.75) is 77.9 Å². The quantitative estimate of drug-likeness (QED) is 0.402.